The van der Waals surface area contributed by atoms with Gasteiger partial charge in [-0.05, 0) is 12.1 Å². The Balaban J connectivity index is 2.34. The Kier molecular flexibility index (Phi) is 2.68. The Bertz CT molecular complexity index is 505. The molecule has 0 aliphatic heterocycles. The van der Waals surface area contributed by atoms with Crippen LogP contribution in [0.5, 0.6) is 0 Å². The van der Waals surface area contributed by atoms with Crippen molar-refractivity contribution >= 4 is 5.97 Å². The van der Waals surface area contributed by atoms with E-state index in [0.29, 0.717) is 5.82 Å². The molecule has 5 heteroatoms. The van der Waals surface area contributed by atoms with Gasteiger partial charge < -0.3 is 9.67 Å². The van der Waals surface area contributed by atoms with Crippen LogP contribution >= 0.6 is 0 Å². The molecular weight excluding hydrogens is 206 g/mol. The molecule has 5 nitrogen and oxygen atoms in total. The third kappa shape index (κ3) is 2.08. The van der Waals surface area contributed by atoms with Crippen molar-refractivity contribution in [2.24, 2.45) is 7.05 Å². The minimum atomic E-state index is -0.880. The highest BCUT2D eigenvalue weighted by atomic mass is 16.4. The van der Waals surface area contributed by atoms with Crippen LogP contribution in [-0.2, 0) is 18.3 Å². The number of aliphatic carboxylic acids is 1. The van der Waals surface area contributed by atoms with Gasteiger partial charge in [-0.3, -0.25) is 9.78 Å². The van der Waals surface area contributed by atoms with Crippen LogP contribution in [0.25, 0.3) is 11.3 Å². The lowest BCUT2D eigenvalue weighted by Crippen LogP contribution is -2.05. The first-order valence-corrected chi connectivity index (χ1v) is 4.81. The topological polar surface area (TPSA) is 68.0 Å². The van der Waals surface area contributed by atoms with Crippen molar-refractivity contribution in [1.82, 2.24) is 14.5 Å². The predicted octanol–water partition coefficient (Wildman–Crippen LogP) is 1.11. The van der Waals surface area contributed by atoms with Crippen LogP contribution in [-0.4, -0.2) is 25.6 Å². The van der Waals surface area contributed by atoms with E-state index < -0.39 is 5.97 Å². The molecule has 82 valence electrons. The van der Waals surface area contributed by atoms with Gasteiger partial charge in [-0.15, -0.1) is 0 Å². The Morgan fingerprint density at radius 3 is 2.75 bits per heavy atom. The number of imidazole rings is 1. The molecule has 0 spiro atoms. The van der Waals surface area contributed by atoms with E-state index in [4.69, 9.17) is 5.11 Å². The molecule has 0 aromatic carbocycles. The molecule has 0 amide bonds. The van der Waals surface area contributed by atoms with Crippen LogP contribution in [0.4, 0.5) is 0 Å². The number of aromatic nitrogens is 3. The van der Waals surface area contributed by atoms with E-state index in [2.05, 4.69) is 9.97 Å². The second-order valence-corrected chi connectivity index (χ2v) is 3.46. The zero-order valence-electron chi connectivity index (χ0n) is 8.79. The first-order chi connectivity index (χ1) is 7.66. The molecule has 2 aromatic rings. The summed E-state index contributed by atoms with van der Waals surface area (Å²) in [6.07, 6.45) is 5.11. The molecule has 16 heavy (non-hydrogen) atoms. The van der Waals surface area contributed by atoms with E-state index >= 15 is 0 Å². The minimum absolute atomic E-state index is 0.0679. The van der Waals surface area contributed by atoms with Crippen LogP contribution in [0.3, 0.4) is 0 Å². The Hall–Kier alpha value is -2.17. The van der Waals surface area contributed by atoms with Gasteiger partial charge in [0.25, 0.3) is 0 Å². The highest BCUT2D eigenvalue weighted by Gasteiger charge is 2.09. The summed E-state index contributed by atoms with van der Waals surface area (Å²) >= 11 is 0. The van der Waals surface area contributed by atoms with Crippen molar-refractivity contribution in [3.8, 4) is 11.3 Å². The van der Waals surface area contributed by atoms with Gasteiger partial charge in [0.1, 0.15) is 12.2 Å². The van der Waals surface area contributed by atoms with E-state index in [1.165, 1.54) is 0 Å². The molecule has 1 N–H and O–H groups in total. The average Bonchev–Trinajstić information content (AvgIpc) is 2.61. The van der Waals surface area contributed by atoms with Crippen molar-refractivity contribution in [1.29, 1.82) is 0 Å². The van der Waals surface area contributed by atoms with Crippen molar-refractivity contribution in [2.75, 3.05) is 0 Å². The van der Waals surface area contributed by atoms with Crippen LogP contribution < -0.4 is 0 Å². The number of pyridine rings is 1. The molecule has 2 aromatic heterocycles. The number of rotatable bonds is 3. The monoisotopic (exact) mass is 217 g/mol. The molecule has 0 aliphatic rings. The largest absolute Gasteiger partial charge is 0.481 e. The average molecular weight is 217 g/mol. The number of aryl methyl sites for hydroxylation is 1. The predicted molar refractivity (Wildman–Crippen MR) is 57.8 cm³/mol. The molecule has 0 bridgehead atoms. The second-order valence-electron chi connectivity index (χ2n) is 3.46. The minimum Gasteiger partial charge on any atom is -0.481 e. The highest BCUT2D eigenvalue weighted by Crippen LogP contribution is 2.17. The second kappa shape index (κ2) is 4.14. The fraction of sp³-hybridized carbons (Fsp3) is 0.182. The SMILES string of the molecule is Cn1cc(-c2ccncc2)nc1CC(=O)O. The summed E-state index contributed by atoms with van der Waals surface area (Å²) in [6, 6.07) is 3.68. The normalized spacial score (nSPS) is 10.3. The van der Waals surface area contributed by atoms with Gasteiger partial charge in [-0.2, -0.15) is 0 Å². The van der Waals surface area contributed by atoms with Crippen molar-refractivity contribution in [2.45, 2.75) is 6.42 Å². The summed E-state index contributed by atoms with van der Waals surface area (Å²) in [4.78, 5) is 18.8. The van der Waals surface area contributed by atoms with E-state index in [1.807, 2.05) is 18.3 Å². The van der Waals surface area contributed by atoms with Gasteiger partial charge in [-0.1, -0.05) is 0 Å². The zero-order valence-corrected chi connectivity index (χ0v) is 8.79. The molecule has 0 aliphatic carbocycles. The molecule has 0 saturated carbocycles. The van der Waals surface area contributed by atoms with Crippen LogP contribution in [0.1, 0.15) is 5.82 Å². The number of hydrogen-bond acceptors (Lipinski definition) is 3. The maximum atomic E-state index is 10.6. The molecule has 0 radical (unpaired) electrons. The van der Waals surface area contributed by atoms with Gasteiger partial charge in [-0.25, -0.2) is 4.98 Å². The van der Waals surface area contributed by atoms with Gasteiger partial charge >= 0.3 is 5.97 Å². The van der Waals surface area contributed by atoms with Gasteiger partial charge in [0.2, 0.25) is 0 Å². The number of carboxylic acids is 1. The van der Waals surface area contributed by atoms with Crippen molar-refractivity contribution in [3.63, 3.8) is 0 Å². The van der Waals surface area contributed by atoms with Crippen LogP contribution in [0.15, 0.2) is 30.7 Å². The summed E-state index contributed by atoms with van der Waals surface area (Å²) < 4.78 is 1.73. The van der Waals surface area contributed by atoms with Gasteiger partial charge in [0.15, 0.2) is 0 Å². The zero-order chi connectivity index (χ0) is 11.5. The van der Waals surface area contributed by atoms with E-state index in [9.17, 15) is 4.79 Å². The van der Waals surface area contributed by atoms with E-state index in [-0.39, 0.29) is 6.42 Å². The summed E-state index contributed by atoms with van der Waals surface area (Å²) in [6.45, 7) is 0. The van der Waals surface area contributed by atoms with Crippen LogP contribution in [0.2, 0.25) is 0 Å². The summed E-state index contributed by atoms with van der Waals surface area (Å²) in [5.74, 6) is -0.339. The maximum absolute atomic E-state index is 10.6. The molecule has 2 rings (SSSR count). The number of hydrogen-bond donors (Lipinski definition) is 1. The molecule has 0 unspecified atom stereocenters. The fourth-order valence-electron chi connectivity index (χ4n) is 1.47. The van der Waals surface area contributed by atoms with Crippen LogP contribution in [0, 0.1) is 0 Å². The Labute approximate surface area is 92.4 Å². The van der Waals surface area contributed by atoms with Crippen molar-refractivity contribution in [3.05, 3.63) is 36.5 Å². The lowest BCUT2D eigenvalue weighted by molar-refractivity contribution is -0.136. The van der Waals surface area contributed by atoms with E-state index in [0.717, 1.165) is 11.3 Å². The standard InChI is InChI=1S/C11H11N3O2/c1-14-7-9(8-2-4-12-5-3-8)13-10(14)6-11(15)16/h2-5,7H,6H2,1H3,(H,15,16). The fourth-order valence-corrected chi connectivity index (χ4v) is 1.47. The number of carbonyl (C=O) groups is 1. The number of carboxylic acid groups (broad SMARTS) is 1. The lowest BCUT2D eigenvalue weighted by Gasteiger charge is -1.94. The Morgan fingerprint density at radius 1 is 1.44 bits per heavy atom. The summed E-state index contributed by atoms with van der Waals surface area (Å²) in [5, 5.41) is 8.71. The van der Waals surface area contributed by atoms with Gasteiger partial charge in [0.05, 0.1) is 5.69 Å². The Morgan fingerprint density at radius 2 is 2.12 bits per heavy atom. The first kappa shape index (κ1) is 10.4. The summed E-state index contributed by atoms with van der Waals surface area (Å²) in [7, 11) is 1.79. The van der Waals surface area contributed by atoms with Gasteiger partial charge in [0, 0.05) is 31.2 Å². The molecular formula is C11H11N3O2. The summed E-state index contributed by atoms with van der Waals surface area (Å²) in [5.41, 5.74) is 1.70. The highest BCUT2D eigenvalue weighted by molar-refractivity contribution is 5.69. The van der Waals surface area contributed by atoms with E-state index in [1.54, 1.807) is 24.0 Å². The third-order valence-electron chi connectivity index (χ3n) is 2.26. The lowest BCUT2D eigenvalue weighted by atomic mass is 10.2. The van der Waals surface area contributed by atoms with Crippen molar-refractivity contribution < 1.29 is 9.90 Å². The quantitative estimate of drug-likeness (QED) is 0.836. The molecule has 2 heterocycles. The molecule has 0 fully saturated rings. The molecule has 0 atom stereocenters. The smallest absolute Gasteiger partial charge is 0.311 e. The maximum Gasteiger partial charge on any atom is 0.311 e. The first-order valence-electron chi connectivity index (χ1n) is 4.81. The third-order valence-corrected chi connectivity index (χ3v) is 2.26. The number of nitrogens with zero attached hydrogens (tertiary/aromatic N) is 3. The molecule has 0 saturated heterocycles.